The first-order valence-electron chi connectivity index (χ1n) is 7.21. The molecule has 7 heteroatoms. The second-order valence-electron chi connectivity index (χ2n) is 5.39. The van der Waals surface area contributed by atoms with E-state index in [4.69, 9.17) is 16.3 Å². The van der Waals surface area contributed by atoms with Gasteiger partial charge in [-0.05, 0) is 31.5 Å². The number of rotatable bonds is 4. The maximum atomic E-state index is 14.2. The van der Waals surface area contributed by atoms with E-state index in [2.05, 4.69) is 15.3 Å². The molecule has 0 aliphatic heterocycles. The van der Waals surface area contributed by atoms with Crippen LogP contribution in [0.5, 0.6) is 5.75 Å². The lowest BCUT2D eigenvalue weighted by atomic mass is 10.1. The highest BCUT2D eigenvalue weighted by Gasteiger charge is 2.15. The van der Waals surface area contributed by atoms with Gasteiger partial charge in [0.05, 0.1) is 34.4 Å². The summed E-state index contributed by atoms with van der Waals surface area (Å²) < 4.78 is 19.5. The van der Waals surface area contributed by atoms with Crippen LogP contribution < -0.4 is 10.1 Å². The molecule has 3 rings (SSSR count). The summed E-state index contributed by atoms with van der Waals surface area (Å²) in [5, 5.41) is 3.11. The van der Waals surface area contributed by atoms with Crippen molar-refractivity contribution in [2.75, 3.05) is 12.4 Å². The largest absolute Gasteiger partial charge is 0.496 e. The van der Waals surface area contributed by atoms with Crippen molar-refractivity contribution >= 4 is 40.1 Å². The monoisotopic (exact) mass is 347 g/mol. The number of H-pyrrole nitrogens is 1. The van der Waals surface area contributed by atoms with Gasteiger partial charge in [0.25, 0.3) is 0 Å². The van der Waals surface area contributed by atoms with E-state index in [9.17, 15) is 9.18 Å². The van der Waals surface area contributed by atoms with Gasteiger partial charge < -0.3 is 15.0 Å². The van der Waals surface area contributed by atoms with E-state index in [0.29, 0.717) is 33.9 Å². The Hall–Kier alpha value is -2.60. The summed E-state index contributed by atoms with van der Waals surface area (Å²) in [5.74, 6) is 0.197. The van der Waals surface area contributed by atoms with Gasteiger partial charge in [-0.25, -0.2) is 9.37 Å². The van der Waals surface area contributed by atoms with E-state index in [1.165, 1.54) is 14.0 Å². The molecule has 0 spiro atoms. The quantitative estimate of drug-likeness (QED) is 0.676. The Bertz CT molecular complexity index is 953. The number of carbonyl (C=O) groups excluding carboxylic acids is 1. The van der Waals surface area contributed by atoms with Crippen LogP contribution in [0.2, 0.25) is 5.02 Å². The minimum atomic E-state index is -0.440. The number of anilines is 2. The molecule has 5 nitrogen and oxygen atoms in total. The van der Waals surface area contributed by atoms with Gasteiger partial charge in [-0.15, -0.1) is 0 Å². The second kappa shape index (κ2) is 6.13. The third-order valence-electron chi connectivity index (χ3n) is 3.71. The van der Waals surface area contributed by atoms with E-state index >= 15 is 0 Å². The number of aromatic amines is 1. The summed E-state index contributed by atoms with van der Waals surface area (Å²) in [6, 6.07) is 6.53. The minimum Gasteiger partial charge on any atom is -0.496 e. The lowest BCUT2D eigenvalue weighted by Crippen LogP contribution is -1.98. The van der Waals surface area contributed by atoms with Crippen LogP contribution in [0.3, 0.4) is 0 Å². The predicted molar refractivity (Wildman–Crippen MR) is 92.1 cm³/mol. The molecule has 0 fully saturated rings. The zero-order valence-electron chi connectivity index (χ0n) is 13.3. The number of ether oxygens (including phenoxy) is 1. The summed E-state index contributed by atoms with van der Waals surface area (Å²) in [6.07, 6.45) is 0. The first kappa shape index (κ1) is 16.3. The molecule has 0 atom stereocenters. The fourth-order valence-corrected chi connectivity index (χ4v) is 2.62. The van der Waals surface area contributed by atoms with Crippen LogP contribution in [-0.4, -0.2) is 22.9 Å². The van der Waals surface area contributed by atoms with Crippen molar-refractivity contribution in [3.8, 4) is 5.75 Å². The minimum absolute atomic E-state index is 0.120. The molecule has 0 unspecified atom stereocenters. The molecule has 0 aliphatic rings. The first-order chi connectivity index (χ1) is 11.4. The highest BCUT2D eigenvalue weighted by atomic mass is 35.5. The molecule has 24 heavy (non-hydrogen) atoms. The molecule has 0 bridgehead atoms. The molecular formula is C17H15ClFN3O2. The lowest BCUT2D eigenvalue weighted by Gasteiger charge is -2.08. The van der Waals surface area contributed by atoms with Gasteiger partial charge in [-0.1, -0.05) is 17.7 Å². The number of aromatic nitrogens is 2. The molecule has 0 saturated heterocycles. The summed E-state index contributed by atoms with van der Waals surface area (Å²) in [5.41, 5.74) is 2.28. The topological polar surface area (TPSA) is 67.0 Å². The van der Waals surface area contributed by atoms with Crippen LogP contribution in [0.4, 0.5) is 16.0 Å². The molecule has 0 radical (unpaired) electrons. The number of nitrogens with zero attached hydrogens (tertiary/aromatic N) is 1. The highest BCUT2D eigenvalue weighted by Crippen LogP contribution is 2.31. The van der Waals surface area contributed by atoms with E-state index in [1.54, 1.807) is 31.2 Å². The van der Waals surface area contributed by atoms with Crippen LogP contribution in [0.15, 0.2) is 24.3 Å². The Labute approximate surface area is 142 Å². The molecule has 1 heterocycles. The van der Waals surface area contributed by atoms with Gasteiger partial charge in [-0.3, -0.25) is 4.79 Å². The van der Waals surface area contributed by atoms with Crippen molar-refractivity contribution in [1.82, 2.24) is 9.97 Å². The number of nitrogens with one attached hydrogen (secondary N) is 2. The molecule has 124 valence electrons. The maximum Gasteiger partial charge on any atom is 0.205 e. The predicted octanol–water partition coefficient (Wildman–Crippen LogP) is 4.62. The van der Waals surface area contributed by atoms with Gasteiger partial charge in [0.2, 0.25) is 5.95 Å². The Morgan fingerprint density at radius 3 is 2.79 bits per heavy atom. The second-order valence-corrected chi connectivity index (χ2v) is 5.80. The Morgan fingerprint density at radius 2 is 2.12 bits per heavy atom. The third-order valence-corrected chi connectivity index (χ3v) is 4.02. The van der Waals surface area contributed by atoms with Crippen LogP contribution in [0.1, 0.15) is 22.8 Å². The van der Waals surface area contributed by atoms with E-state index in [0.717, 1.165) is 0 Å². The average molecular weight is 348 g/mol. The normalized spacial score (nSPS) is 10.9. The summed E-state index contributed by atoms with van der Waals surface area (Å²) in [7, 11) is 1.49. The van der Waals surface area contributed by atoms with E-state index in [-0.39, 0.29) is 16.5 Å². The van der Waals surface area contributed by atoms with Crippen LogP contribution in [0, 0.1) is 12.7 Å². The fourth-order valence-electron chi connectivity index (χ4n) is 2.43. The summed E-state index contributed by atoms with van der Waals surface area (Å²) in [6.45, 7) is 3.11. The Balaban J connectivity index is 2.06. The summed E-state index contributed by atoms with van der Waals surface area (Å²) in [4.78, 5) is 19.1. The number of carbonyl (C=O) groups is 1. The van der Waals surface area contributed by atoms with Crippen LogP contribution >= 0.6 is 11.6 Å². The van der Waals surface area contributed by atoms with E-state index < -0.39 is 5.82 Å². The zero-order chi connectivity index (χ0) is 17.4. The Morgan fingerprint density at radius 1 is 1.38 bits per heavy atom. The van der Waals surface area contributed by atoms with Crippen molar-refractivity contribution in [1.29, 1.82) is 0 Å². The van der Waals surface area contributed by atoms with Gasteiger partial charge in [0, 0.05) is 6.07 Å². The number of halogens is 2. The standard InChI is InChI=1S/C17H15ClFN3O2/c1-8-4-5-11(18)16(15(8)19)22-17-20-12-6-10(9(2)23)14(24-3)7-13(12)21-17/h4-7H,1-3H3,(H2,20,21,22). The van der Waals surface area contributed by atoms with Crippen molar-refractivity contribution in [2.24, 2.45) is 0 Å². The fraction of sp³-hybridized carbons (Fsp3) is 0.176. The van der Waals surface area contributed by atoms with Crippen molar-refractivity contribution < 1.29 is 13.9 Å². The van der Waals surface area contributed by atoms with Crippen LogP contribution in [0.25, 0.3) is 11.0 Å². The third kappa shape index (κ3) is 2.80. The smallest absolute Gasteiger partial charge is 0.205 e. The number of imidazole rings is 1. The highest BCUT2D eigenvalue weighted by molar-refractivity contribution is 6.33. The molecule has 3 aromatic rings. The summed E-state index contributed by atoms with van der Waals surface area (Å²) >= 11 is 6.06. The van der Waals surface area contributed by atoms with Gasteiger partial charge in [0.1, 0.15) is 5.75 Å². The van der Waals surface area contributed by atoms with Gasteiger partial charge >= 0.3 is 0 Å². The van der Waals surface area contributed by atoms with Crippen molar-refractivity contribution in [2.45, 2.75) is 13.8 Å². The number of hydrogen-bond donors (Lipinski definition) is 2. The van der Waals surface area contributed by atoms with Crippen LogP contribution in [-0.2, 0) is 0 Å². The number of aryl methyl sites for hydroxylation is 1. The SMILES string of the molecule is COc1cc2nc(Nc3c(Cl)ccc(C)c3F)[nH]c2cc1C(C)=O. The number of benzene rings is 2. The first-order valence-corrected chi connectivity index (χ1v) is 7.59. The molecule has 0 aliphatic carbocycles. The molecular weight excluding hydrogens is 333 g/mol. The number of hydrogen-bond acceptors (Lipinski definition) is 4. The molecule has 1 aromatic heterocycles. The Kier molecular flexibility index (Phi) is 4.15. The van der Waals surface area contributed by atoms with Gasteiger partial charge in [-0.2, -0.15) is 0 Å². The molecule has 0 amide bonds. The molecule has 2 N–H and O–H groups in total. The number of ketones is 1. The van der Waals surface area contributed by atoms with Crippen molar-refractivity contribution in [3.63, 3.8) is 0 Å². The van der Waals surface area contributed by atoms with E-state index in [1.807, 2.05) is 0 Å². The average Bonchev–Trinajstić information content (AvgIpc) is 2.95. The molecule has 2 aromatic carbocycles. The molecule has 0 saturated carbocycles. The van der Waals surface area contributed by atoms with Gasteiger partial charge in [0.15, 0.2) is 11.6 Å². The number of Topliss-reactive ketones (excluding diaryl/α,β-unsaturated/α-hetero) is 1. The zero-order valence-corrected chi connectivity index (χ0v) is 14.1. The maximum absolute atomic E-state index is 14.2. The number of methoxy groups -OCH3 is 1. The number of fused-ring (bicyclic) bond motifs is 1. The van der Waals surface area contributed by atoms with Crippen molar-refractivity contribution in [3.05, 3.63) is 46.2 Å². The lowest BCUT2D eigenvalue weighted by molar-refractivity contribution is 0.101.